The maximum absolute atomic E-state index is 12.1. The number of nitrogens with one attached hydrogen (secondary N) is 1. The summed E-state index contributed by atoms with van der Waals surface area (Å²) in [7, 11) is 0. The van der Waals surface area contributed by atoms with Crippen molar-refractivity contribution in [2.24, 2.45) is 5.73 Å². The Labute approximate surface area is 140 Å². The van der Waals surface area contributed by atoms with Gasteiger partial charge in [0.15, 0.2) is 0 Å². The van der Waals surface area contributed by atoms with Gasteiger partial charge in [-0.15, -0.1) is 19.0 Å². The van der Waals surface area contributed by atoms with Crippen LogP contribution in [0.2, 0.25) is 0 Å². The van der Waals surface area contributed by atoms with Crippen molar-refractivity contribution in [3.63, 3.8) is 0 Å². The molecule has 0 spiro atoms. The molecular weight excluding hydrogens is 324 g/mol. The van der Waals surface area contributed by atoms with E-state index in [1.807, 2.05) is 0 Å². The molecule has 1 saturated carbocycles. The Morgan fingerprint density at radius 3 is 2.30 bits per heavy atom. The largest absolute Gasteiger partial charge is 0.348 e. The molecule has 1 saturated heterocycles. The lowest BCUT2D eigenvalue weighted by Gasteiger charge is -2.29. The molecule has 9 heteroatoms. The normalized spacial score (nSPS) is 19.8. The van der Waals surface area contributed by atoms with Crippen molar-refractivity contribution in [1.29, 1.82) is 0 Å². The molecule has 23 heavy (non-hydrogen) atoms. The van der Waals surface area contributed by atoms with Crippen LogP contribution in [0.25, 0.3) is 0 Å². The molecule has 0 aromatic heterocycles. The van der Waals surface area contributed by atoms with E-state index in [0.717, 1.165) is 30.6 Å². The molecule has 2 rings (SSSR count). The van der Waals surface area contributed by atoms with Crippen LogP contribution in [0.4, 0.5) is 4.79 Å². The number of halogens is 1. The standard InChI is InChI=1S/C14H20N4O4.ClH/c1-2-7-17-11(20)12(21)18(13(17)22)8-10(19)16-14(9-15)5-3-4-6-14;/h2H,1,3-9,15H2,(H,16,19);1H. The van der Waals surface area contributed by atoms with Gasteiger partial charge in [-0.2, -0.15) is 0 Å². The minimum atomic E-state index is -0.991. The molecule has 128 valence electrons. The topological polar surface area (TPSA) is 113 Å². The first-order valence-corrected chi connectivity index (χ1v) is 7.23. The molecule has 3 N–H and O–H groups in total. The Morgan fingerprint density at radius 2 is 1.78 bits per heavy atom. The molecule has 1 heterocycles. The van der Waals surface area contributed by atoms with Gasteiger partial charge >= 0.3 is 17.8 Å². The second-order valence-electron chi connectivity index (χ2n) is 5.62. The van der Waals surface area contributed by atoms with Gasteiger partial charge in [0.25, 0.3) is 0 Å². The van der Waals surface area contributed by atoms with Gasteiger partial charge in [0.05, 0.1) is 5.54 Å². The van der Waals surface area contributed by atoms with Crippen LogP contribution < -0.4 is 11.1 Å². The number of hydrogen-bond acceptors (Lipinski definition) is 5. The number of imide groups is 2. The molecule has 0 atom stereocenters. The number of nitrogens with zero attached hydrogens (tertiary/aromatic N) is 2. The summed E-state index contributed by atoms with van der Waals surface area (Å²) in [5.41, 5.74) is 5.26. The molecule has 0 aromatic rings. The Balaban J connectivity index is 0.00000264. The summed E-state index contributed by atoms with van der Waals surface area (Å²) >= 11 is 0. The van der Waals surface area contributed by atoms with Crippen LogP contribution in [0.3, 0.4) is 0 Å². The van der Waals surface area contributed by atoms with E-state index in [2.05, 4.69) is 11.9 Å². The van der Waals surface area contributed by atoms with Crippen molar-refractivity contribution in [3.05, 3.63) is 12.7 Å². The van der Waals surface area contributed by atoms with Gasteiger partial charge in [-0.1, -0.05) is 18.9 Å². The summed E-state index contributed by atoms with van der Waals surface area (Å²) in [6, 6.07) is -0.793. The molecule has 1 aliphatic heterocycles. The van der Waals surface area contributed by atoms with Crippen molar-refractivity contribution in [3.8, 4) is 0 Å². The van der Waals surface area contributed by atoms with E-state index in [1.54, 1.807) is 0 Å². The molecule has 8 nitrogen and oxygen atoms in total. The summed E-state index contributed by atoms with van der Waals surface area (Å²) < 4.78 is 0. The third-order valence-corrected chi connectivity index (χ3v) is 4.10. The predicted molar refractivity (Wildman–Crippen MR) is 84.7 cm³/mol. The van der Waals surface area contributed by atoms with E-state index in [-0.39, 0.29) is 19.0 Å². The number of rotatable bonds is 6. The monoisotopic (exact) mass is 344 g/mol. The fourth-order valence-electron chi connectivity index (χ4n) is 2.89. The molecule has 0 unspecified atom stereocenters. The van der Waals surface area contributed by atoms with Crippen LogP contribution >= 0.6 is 12.4 Å². The van der Waals surface area contributed by atoms with Gasteiger partial charge in [0.1, 0.15) is 6.54 Å². The van der Waals surface area contributed by atoms with Crippen molar-refractivity contribution < 1.29 is 19.2 Å². The first kappa shape index (κ1) is 19.1. The first-order chi connectivity index (χ1) is 10.4. The van der Waals surface area contributed by atoms with E-state index in [9.17, 15) is 19.2 Å². The number of urea groups is 1. The van der Waals surface area contributed by atoms with Gasteiger partial charge in [-0.05, 0) is 12.8 Å². The Morgan fingerprint density at radius 1 is 1.22 bits per heavy atom. The van der Waals surface area contributed by atoms with Crippen LogP contribution in [0.1, 0.15) is 25.7 Å². The smallest absolute Gasteiger partial charge is 0.335 e. The minimum absolute atomic E-state index is 0. The van der Waals surface area contributed by atoms with Crippen LogP contribution in [0.15, 0.2) is 12.7 Å². The molecule has 0 bridgehead atoms. The van der Waals surface area contributed by atoms with Gasteiger partial charge in [0, 0.05) is 13.1 Å². The number of hydrogen-bond donors (Lipinski definition) is 2. The zero-order valence-corrected chi connectivity index (χ0v) is 13.6. The van der Waals surface area contributed by atoms with Crippen LogP contribution in [0.5, 0.6) is 0 Å². The Kier molecular flexibility index (Phi) is 6.28. The van der Waals surface area contributed by atoms with Crippen molar-refractivity contribution in [2.45, 2.75) is 31.2 Å². The summed E-state index contributed by atoms with van der Waals surface area (Å²) in [5, 5.41) is 2.81. The second-order valence-corrected chi connectivity index (χ2v) is 5.62. The first-order valence-electron chi connectivity index (χ1n) is 7.23. The highest BCUT2D eigenvalue weighted by atomic mass is 35.5. The summed E-state index contributed by atoms with van der Waals surface area (Å²) in [4.78, 5) is 49.0. The third kappa shape index (κ3) is 3.70. The zero-order valence-electron chi connectivity index (χ0n) is 12.7. The zero-order chi connectivity index (χ0) is 16.3. The number of amides is 5. The summed E-state index contributed by atoms with van der Waals surface area (Å²) in [6.07, 6.45) is 4.85. The predicted octanol–water partition coefficient (Wildman–Crippen LogP) is -0.227. The fourth-order valence-corrected chi connectivity index (χ4v) is 2.89. The molecule has 2 aliphatic rings. The molecular formula is C14H21ClN4O4. The fraction of sp³-hybridized carbons (Fsp3) is 0.571. The highest BCUT2D eigenvalue weighted by Gasteiger charge is 2.45. The van der Waals surface area contributed by atoms with Crippen molar-refractivity contribution >= 4 is 36.2 Å². The maximum atomic E-state index is 12.1. The van der Waals surface area contributed by atoms with Crippen LogP contribution in [-0.2, 0) is 14.4 Å². The second kappa shape index (κ2) is 7.56. The quantitative estimate of drug-likeness (QED) is 0.392. The Bertz CT molecular complexity index is 531. The number of carbonyl (C=O) groups excluding carboxylic acids is 4. The summed E-state index contributed by atoms with van der Waals surface area (Å²) in [5.74, 6) is -2.41. The molecule has 1 aliphatic carbocycles. The van der Waals surface area contributed by atoms with E-state index >= 15 is 0 Å². The van der Waals surface area contributed by atoms with Crippen molar-refractivity contribution in [2.75, 3.05) is 19.6 Å². The minimum Gasteiger partial charge on any atom is -0.348 e. The van der Waals surface area contributed by atoms with Crippen LogP contribution in [0, 0.1) is 0 Å². The van der Waals surface area contributed by atoms with Gasteiger partial charge in [-0.3, -0.25) is 19.3 Å². The molecule has 2 fully saturated rings. The SMILES string of the molecule is C=CCN1C(=O)C(=O)N(CC(=O)NC2(CN)CCCC2)C1=O.Cl. The summed E-state index contributed by atoms with van der Waals surface area (Å²) in [6.45, 7) is 3.20. The third-order valence-electron chi connectivity index (χ3n) is 4.10. The van der Waals surface area contributed by atoms with E-state index in [1.165, 1.54) is 6.08 Å². The van der Waals surface area contributed by atoms with Crippen LogP contribution in [-0.4, -0.2) is 58.7 Å². The number of carbonyl (C=O) groups is 4. The van der Waals surface area contributed by atoms with Gasteiger partial charge in [-0.25, -0.2) is 9.69 Å². The Hall–Kier alpha value is -1.93. The van der Waals surface area contributed by atoms with E-state index < -0.39 is 35.8 Å². The van der Waals surface area contributed by atoms with E-state index in [0.29, 0.717) is 11.4 Å². The molecule has 0 radical (unpaired) electrons. The van der Waals surface area contributed by atoms with Crippen molar-refractivity contribution in [1.82, 2.24) is 15.1 Å². The lowest BCUT2D eigenvalue weighted by molar-refractivity contribution is -0.143. The highest BCUT2D eigenvalue weighted by Crippen LogP contribution is 2.28. The average molecular weight is 345 g/mol. The highest BCUT2D eigenvalue weighted by molar-refractivity contribution is 6.45. The van der Waals surface area contributed by atoms with Gasteiger partial charge in [0.2, 0.25) is 5.91 Å². The van der Waals surface area contributed by atoms with E-state index in [4.69, 9.17) is 5.73 Å². The maximum Gasteiger partial charge on any atom is 0.335 e. The lowest BCUT2D eigenvalue weighted by atomic mass is 9.98. The van der Waals surface area contributed by atoms with Gasteiger partial charge < -0.3 is 11.1 Å². The lowest BCUT2D eigenvalue weighted by Crippen LogP contribution is -2.54. The molecule has 0 aromatic carbocycles. The number of nitrogens with two attached hydrogens (primary N) is 1. The molecule has 5 amide bonds. The average Bonchev–Trinajstić information content (AvgIpc) is 3.03.